The Hall–Kier alpha value is -3.05. The highest BCUT2D eigenvalue weighted by Crippen LogP contribution is 2.28. The zero-order chi connectivity index (χ0) is 18.4. The van der Waals surface area contributed by atoms with Crippen molar-refractivity contribution in [2.45, 2.75) is 6.92 Å². The van der Waals surface area contributed by atoms with Crippen molar-refractivity contribution in [2.24, 2.45) is 5.10 Å². The van der Waals surface area contributed by atoms with Crippen molar-refractivity contribution in [3.63, 3.8) is 0 Å². The van der Waals surface area contributed by atoms with Crippen molar-refractivity contribution in [3.05, 3.63) is 77.0 Å². The van der Waals surface area contributed by atoms with Gasteiger partial charge in [-0.1, -0.05) is 41.4 Å². The molecular weight excluding hydrogens is 352 g/mol. The van der Waals surface area contributed by atoms with Crippen LogP contribution < -0.4 is 10.2 Å². The van der Waals surface area contributed by atoms with Crippen LogP contribution in [-0.2, 0) is 4.79 Å². The van der Waals surface area contributed by atoms with E-state index in [2.05, 4.69) is 10.5 Å². The quantitative estimate of drug-likeness (QED) is 0.517. The molecule has 6 heteroatoms. The number of furan rings is 1. The first-order valence-corrected chi connectivity index (χ1v) is 8.36. The fourth-order valence-corrected chi connectivity index (χ4v) is 2.44. The van der Waals surface area contributed by atoms with Gasteiger partial charge in [-0.15, -0.1) is 0 Å². The second-order valence-electron chi connectivity index (χ2n) is 5.58. The number of hydrogen-bond acceptors (Lipinski definition) is 4. The molecule has 1 amide bonds. The third kappa shape index (κ3) is 4.74. The minimum atomic E-state index is -0.361. The Morgan fingerprint density at radius 1 is 1.15 bits per heavy atom. The molecule has 3 aromatic rings. The Morgan fingerprint density at radius 2 is 1.92 bits per heavy atom. The van der Waals surface area contributed by atoms with Gasteiger partial charge < -0.3 is 9.15 Å². The molecule has 132 valence electrons. The summed E-state index contributed by atoms with van der Waals surface area (Å²) in [5.41, 5.74) is 4.31. The maximum atomic E-state index is 11.7. The lowest BCUT2D eigenvalue weighted by atomic mass is 10.2. The predicted octanol–water partition coefficient (Wildman–Crippen LogP) is 4.44. The van der Waals surface area contributed by atoms with Crippen molar-refractivity contribution in [2.75, 3.05) is 6.61 Å². The second kappa shape index (κ2) is 8.36. The maximum absolute atomic E-state index is 11.7. The molecular formula is C20H17ClN2O3. The lowest BCUT2D eigenvalue weighted by molar-refractivity contribution is -0.123. The lowest BCUT2D eigenvalue weighted by Crippen LogP contribution is -2.24. The fraction of sp³-hybridized carbons (Fsp3) is 0.100. The number of carbonyl (C=O) groups excluding carboxylic acids is 1. The number of benzene rings is 2. The maximum Gasteiger partial charge on any atom is 0.277 e. The van der Waals surface area contributed by atoms with E-state index in [-0.39, 0.29) is 12.5 Å². The van der Waals surface area contributed by atoms with Crippen LogP contribution in [0, 0.1) is 6.92 Å². The molecule has 0 aliphatic heterocycles. The molecule has 0 aliphatic rings. The van der Waals surface area contributed by atoms with Crippen LogP contribution in [-0.4, -0.2) is 18.7 Å². The van der Waals surface area contributed by atoms with Crippen LogP contribution in [0.4, 0.5) is 0 Å². The molecule has 0 unspecified atom stereocenters. The molecule has 5 nitrogen and oxygen atoms in total. The molecule has 0 atom stereocenters. The first-order chi connectivity index (χ1) is 12.6. The topological polar surface area (TPSA) is 63.8 Å². The third-order valence-corrected chi connectivity index (χ3v) is 3.87. The number of hydrogen-bond donors (Lipinski definition) is 1. The van der Waals surface area contributed by atoms with E-state index in [1.165, 1.54) is 6.21 Å². The fourth-order valence-electron chi connectivity index (χ4n) is 2.21. The van der Waals surface area contributed by atoms with E-state index in [1.54, 1.807) is 18.2 Å². The van der Waals surface area contributed by atoms with Crippen LogP contribution in [0.1, 0.15) is 11.3 Å². The molecule has 0 fully saturated rings. The molecule has 0 bridgehead atoms. The number of halogens is 1. The Balaban J connectivity index is 1.51. The van der Waals surface area contributed by atoms with Crippen LogP contribution in [0.15, 0.2) is 70.2 Å². The number of nitrogens with one attached hydrogen (secondary N) is 1. The summed E-state index contributed by atoms with van der Waals surface area (Å²) >= 11 is 6.14. The van der Waals surface area contributed by atoms with E-state index in [0.717, 1.165) is 11.1 Å². The number of carbonyl (C=O) groups is 1. The van der Waals surface area contributed by atoms with E-state index in [1.807, 2.05) is 49.4 Å². The van der Waals surface area contributed by atoms with Crippen molar-refractivity contribution < 1.29 is 13.9 Å². The van der Waals surface area contributed by atoms with Gasteiger partial charge in [0.1, 0.15) is 17.3 Å². The van der Waals surface area contributed by atoms with Gasteiger partial charge in [0.2, 0.25) is 0 Å². The number of rotatable bonds is 6. The standard InChI is InChI=1S/C20H17ClN2O3/c1-14-6-8-15(9-7-14)25-13-20(24)23-22-12-16-10-11-19(26-16)17-4-2-3-5-18(17)21/h2-12H,13H2,1H3,(H,23,24)/b22-12-. The van der Waals surface area contributed by atoms with Gasteiger partial charge in [0.25, 0.3) is 5.91 Å². The Kier molecular flexibility index (Phi) is 5.71. The third-order valence-electron chi connectivity index (χ3n) is 3.54. The van der Waals surface area contributed by atoms with Gasteiger partial charge in [-0.2, -0.15) is 5.10 Å². The molecule has 0 saturated carbocycles. The smallest absolute Gasteiger partial charge is 0.277 e. The Morgan fingerprint density at radius 3 is 2.69 bits per heavy atom. The summed E-state index contributed by atoms with van der Waals surface area (Å²) < 4.78 is 11.0. The molecule has 0 radical (unpaired) electrons. The molecule has 1 N–H and O–H groups in total. The molecule has 0 spiro atoms. The van der Waals surface area contributed by atoms with Crippen molar-refractivity contribution >= 4 is 23.7 Å². The van der Waals surface area contributed by atoms with Gasteiger partial charge in [0, 0.05) is 5.56 Å². The van der Waals surface area contributed by atoms with Gasteiger partial charge in [-0.3, -0.25) is 4.79 Å². The first kappa shape index (κ1) is 17.8. The predicted molar refractivity (Wildman–Crippen MR) is 102 cm³/mol. The molecule has 1 aromatic heterocycles. The summed E-state index contributed by atoms with van der Waals surface area (Å²) in [5, 5.41) is 4.47. The summed E-state index contributed by atoms with van der Waals surface area (Å²) in [6, 6.07) is 18.4. The normalized spacial score (nSPS) is 10.8. The summed E-state index contributed by atoms with van der Waals surface area (Å²) in [5.74, 6) is 1.40. The van der Waals surface area contributed by atoms with Gasteiger partial charge in [-0.25, -0.2) is 5.43 Å². The van der Waals surface area contributed by atoms with Crippen LogP contribution in [0.3, 0.4) is 0 Å². The number of hydrazone groups is 1. The lowest BCUT2D eigenvalue weighted by Gasteiger charge is -2.04. The van der Waals surface area contributed by atoms with Crippen molar-refractivity contribution in [1.82, 2.24) is 5.43 Å². The van der Waals surface area contributed by atoms with Crippen molar-refractivity contribution in [1.29, 1.82) is 0 Å². The largest absolute Gasteiger partial charge is 0.484 e. The zero-order valence-corrected chi connectivity index (χ0v) is 14.9. The van der Waals surface area contributed by atoms with Gasteiger partial charge in [0.05, 0.1) is 11.2 Å². The molecule has 3 rings (SSSR count). The zero-order valence-electron chi connectivity index (χ0n) is 14.1. The van der Waals surface area contributed by atoms with Crippen molar-refractivity contribution in [3.8, 4) is 17.1 Å². The summed E-state index contributed by atoms with van der Waals surface area (Å²) in [7, 11) is 0. The molecule has 1 heterocycles. The average Bonchev–Trinajstić information content (AvgIpc) is 3.10. The van der Waals surface area contributed by atoms with E-state index in [0.29, 0.717) is 22.3 Å². The minimum Gasteiger partial charge on any atom is -0.484 e. The summed E-state index contributed by atoms with van der Waals surface area (Å²) in [6.45, 7) is 1.86. The minimum absolute atomic E-state index is 0.122. The van der Waals surface area contributed by atoms with Gasteiger partial charge >= 0.3 is 0 Å². The molecule has 2 aromatic carbocycles. The van der Waals surface area contributed by atoms with E-state index in [4.69, 9.17) is 20.8 Å². The Bertz CT molecular complexity index is 917. The highest BCUT2D eigenvalue weighted by atomic mass is 35.5. The Labute approximate surface area is 156 Å². The second-order valence-corrected chi connectivity index (χ2v) is 5.98. The SMILES string of the molecule is Cc1ccc(OCC(=O)N/N=C\c2ccc(-c3ccccc3Cl)o2)cc1. The van der Waals surface area contributed by atoms with E-state index >= 15 is 0 Å². The number of aryl methyl sites for hydroxylation is 1. The number of nitrogens with zero attached hydrogens (tertiary/aromatic N) is 1. The van der Waals surface area contributed by atoms with Crippen LogP contribution in [0.25, 0.3) is 11.3 Å². The van der Waals surface area contributed by atoms with Gasteiger partial charge in [-0.05, 0) is 43.3 Å². The van der Waals surface area contributed by atoms with Crippen LogP contribution in [0.5, 0.6) is 5.75 Å². The number of ether oxygens (including phenoxy) is 1. The van der Waals surface area contributed by atoms with E-state index in [9.17, 15) is 4.79 Å². The first-order valence-electron chi connectivity index (χ1n) is 7.98. The number of amides is 1. The molecule has 0 saturated heterocycles. The summed E-state index contributed by atoms with van der Waals surface area (Å²) in [6.07, 6.45) is 1.42. The molecule has 26 heavy (non-hydrogen) atoms. The van der Waals surface area contributed by atoms with Crippen LogP contribution >= 0.6 is 11.6 Å². The van der Waals surface area contributed by atoms with Crippen LogP contribution in [0.2, 0.25) is 5.02 Å². The van der Waals surface area contributed by atoms with Gasteiger partial charge in [0.15, 0.2) is 6.61 Å². The average molecular weight is 369 g/mol. The monoisotopic (exact) mass is 368 g/mol. The molecule has 0 aliphatic carbocycles. The highest BCUT2D eigenvalue weighted by molar-refractivity contribution is 6.33. The summed E-state index contributed by atoms with van der Waals surface area (Å²) in [4.78, 5) is 11.7. The highest BCUT2D eigenvalue weighted by Gasteiger charge is 2.07. The van der Waals surface area contributed by atoms with E-state index < -0.39 is 0 Å².